The van der Waals surface area contributed by atoms with Crippen LogP contribution in [0, 0.1) is 6.92 Å². The summed E-state index contributed by atoms with van der Waals surface area (Å²) in [5, 5.41) is 13.0. The first-order valence-corrected chi connectivity index (χ1v) is 8.28. The van der Waals surface area contributed by atoms with E-state index in [1.165, 1.54) is 5.56 Å². The highest BCUT2D eigenvalue weighted by molar-refractivity contribution is 6.00. The van der Waals surface area contributed by atoms with E-state index in [-0.39, 0.29) is 6.42 Å². The predicted octanol–water partition coefficient (Wildman–Crippen LogP) is 3.83. The average Bonchev–Trinajstić information content (AvgIpc) is 2.59. The summed E-state index contributed by atoms with van der Waals surface area (Å²) in [5.74, 6) is -0.237. The molecule has 25 heavy (non-hydrogen) atoms. The Bertz CT molecular complexity index is 723. The van der Waals surface area contributed by atoms with Crippen LogP contribution in [0.1, 0.15) is 30.0 Å². The van der Waals surface area contributed by atoms with Gasteiger partial charge in [0.1, 0.15) is 12.4 Å². The molecule has 132 valence electrons. The lowest BCUT2D eigenvalue weighted by molar-refractivity contribution is -0.136. The smallest absolute Gasteiger partial charge is 0.307 e. The lowest BCUT2D eigenvalue weighted by Crippen LogP contribution is -2.07. The van der Waals surface area contributed by atoms with Crippen molar-refractivity contribution in [1.82, 2.24) is 0 Å². The van der Waals surface area contributed by atoms with Crippen LogP contribution in [0.3, 0.4) is 0 Å². The van der Waals surface area contributed by atoms with Gasteiger partial charge in [-0.2, -0.15) is 0 Å². The molecule has 0 saturated carbocycles. The minimum atomic E-state index is -0.863. The van der Waals surface area contributed by atoms with Crippen molar-refractivity contribution in [2.75, 3.05) is 13.2 Å². The fraction of sp³-hybridized carbons (Fsp3) is 0.300. The van der Waals surface area contributed by atoms with Crippen LogP contribution in [0.15, 0.2) is 53.7 Å². The molecule has 1 N–H and O–H groups in total. The molecule has 0 radical (unpaired) electrons. The third-order valence-corrected chi connectivity index (χ3v) is 3.59. The summed E-state index contributed by atoms with van der Waals surface area (Å²) >= 11 is 0. The zero-order chi connectivity index (χ0) is 18.1. The first kappa shape index (κ1) is 18.5. The lowest BCUT2D eigenvalue weighted by atomic mass is 10.1. The number of rotatable bonds is 9. The monoisotopic (exact) mass is 341 g/mol. The van der Waals surface area contributed by atoms with E-state index in [4.69, 9.17) is 14.7 Å². The fourth-order valence-corrected chi connectivity index (χ4v) is 2.31. The van der Waals surface area contributed by atoms with Crippen molar-refractivity contribution >= 4 is 11.7 Å². The van der Waals surface area contributed by atoms with E-state index < -0.39 is 5.97 Å². The van der Waals surface area contributed by atoms with Gasteiger partial charge in [0.05, 0.1) is 12.1 Å². The molecule has 2 rings (SSSR count). The van der Waals surface area contributed by atoms with Crippen LogP contribution in [0.25, 0.3) is 0 Å². The molecule has 0 aliphatic heterocycles. The second kappa shape index (κ2) is 9.47. The van der Waals surface area contributed by atoms with Gasteiger partial charge in [0, 0.05) is 0 Å². The molecule has 0 spiro atoms. The Kier molecular flexibility index (Phi) is 7.01. The van der Waals surface area contributed by atoms with Crippen LogP contribution in [0.5, 0.6) is 5.75 Å². The highest BCUT2D eigenvalue weighted by Crippen LogP contribution is 2.14. The Morgan fingerprint density at radius 1 is 1.12 bits per heavy atom. The molecule has 0 bridgehead atoms. The number of hydrogen-bond donors (Lipinski definition) is 1. The molecule has 0 aliphatic rings. The second-order valence-electron chi connectivity index (χ2n) is 5.66. The number of oxime groups is 1. The molecule has 5 nitrogen and oxygen atoms in total. The molecule has 0 atom stereocenters. The van der Waals surface area contributed by atoms with E-state index in [0.29, 0.717) is 24.5 Å². The normalized spacial score (nSPS) is 11.2. The first-order valence-electron chi connectivity index (χ1n) is 8.28. The average molecular weight is 341 g/mol. The summed E-state index contributed by atoms with van der Waals surface area (Å²) in [5.41, 5.74) is 3.86. The van der Waals surface area contributed by atoms with Gasteiger partial charge in [-0.15, -0.1) is 0 Å². The molecular weight excluding hydrogens is 318 g/mol. The molecule has 0 aliphatic carbocycles. The maximum absolute atomic E-state index is 10.7. The van der Waals surface area contributed by atoms with Crippen LogP contribution in [0.4, 0.5) is 0 Å². The van der Waals surface area contributed by atoms with Crippen molar-refractivity contribution in [3.8, 4) is 5.75 Å². The molecule has 2 aromatic rings. The summed E-state index contributed by atoms with van der Waals surface area (Å²) in [6, 6.07) is 15.2. The maximum Gasteiger partial charge on any atom is 0.307 e. The molecule has 2 aromatic carbocycles. The Balaban J connectivity index is 1.82. The predicted molar refractivity (Wildman–Crippen MR) is 97.2 cm³/mol. The SMILES string of the molecule is CCC(=NOCCOc1cccc(CC(=O)O)c1)c1ccc(C)cc1. The number of aryl methyl sites for hydroxylation is 1. The highest BCUT2D eigenvalue weighted by atomic mass is 16.6. The van der Waals surface area contributed by atoms with E-state index in [1.807, 2.05) is 38.1 Å². The molecular formula is C20H23NO4. The highest BCUT2D eigenvalue weighted by Gasteiger charge is 2.03. The van der Waals surface area contributed by atoms with Crippen molar-refractivity contribution in [3.63, 3.8) is 0 Å². The number of carbonyl (C=O) groups is 1. The van der Waals surface area contributed by atoms with Crippen molar-refractivity contribution in [2.45, 2.75) is 26.7 Å². The minimum Gasteiger partial charge on any atom is -0.490 e. The summed E-state index contributed by atoms with van der Waals surface area (Å²) in [6.07, 6.45) is 0.759. The van der Waals surface area contributed by atoms with Gasteiger partial charge in [-0.3, -0.25) is 4.79 Å². The molecule has 5 heteroatoms. The minimum absolute atomic E-state index is 0.0194. The van der Waals surface area contributed by atoms with Crippen molar-refractivity contribution in [1.29, 1.82) is 0 Å². The van der Waals surface area contributed by atoms with Gasteiger partial charge in [0.2, 0.25) is 0 Å². The second-order valence-corrected chi connectivity index (χ2v) is 5.66. The van der Waals surface area contributed by atoms with Crippen molar-refractivity contribution in [2.24, 2.45) is 5.16 Å². The third-order valence-electron chi connectivity index (χ3n) is 3.59. The van der Waals surface area contributed by atoms with Gasteiger partial charge in [0.25, 0.3) is 0 Å². The lowest BCUT2D eigenvalue weighted by Gasteiger charge is -2.08. The van der Waals surface area contributed by atoms with E-state index in [2.05, 4.69) is 5.16 Å². The number of aliphatic carboxylic acids is 1. The number of carboxylic acids is 1. The molecule has 0 aromatic heterocycles. The van der Waals surface area contributed by atoms with Crippen LogP contribution in [-0.4, -0.2) is 30.0 Å². The van der Waals surface area contributed by atoms with Gasteiger partial charge in [-0.1, -0.05) is 54.0 Å². The number of benzene rings is 2. The maximum atomic E-state index is 10.7. The van der Waals surface area contributed by atoms with Crippen LogP contribution in [0.2, 0.25) is 0 Å². The number of nitrogens with zero attached hydrogens (tertiary/aromatic N) is 1. The zero-order valence-corrected chi connectivity index (χ0v) is 14.6. The van der Waals surface area contributed by atoms with Gasteiger partial charge in [-0.25, -0.2) is 0 Å². The standard InChI is InChI=1S/C20H23NO4/c1-3-19(17-9-7-15(2)8-10-17)21-25-12-11-24-18-6-4-5-16(13-18)14-20(22)23/h4-10,13H,3,11-12,14H2,1-2H3,(H,22,23). The number of carboxylic acid groups (broad SMARTS) is 1. The summed E-state index contributed by atoms with van der Waals surface area (Å²) in [6.45, 7) is 4.74. The molecule has 0 heterocycles. The van der Waals surface area contributed by atoms with Gasteiger partial charge >= 0.3 is 5.97 Å². The summed E-state index contributed by atoms with van der Waals surface area (Å²) in [7, 11) is 0. The Morgan fingerprint density at radius 3 is 2.56 bits per heavy atom. The van der Waals surface area contributed by atoms with Crippen LogP contribution >= 0.6 is 0 Å². The van der Waals surface area contributed by atoms with Crippen LogP contribution < -0.4 is 4.74 Å². The van der Waals surface area contributed by atoms with E-state index in [9.17, 15) is 4.79 Å². The number of hydrogen-bond acceptors (Lipinski definition) is 4. The number of ether oxygens (including phenoxy) is 1. The van der Waals surface area contributed by atoms with Gasteiger partial charge in [-0.05, 0) is 36.6 Å². The van der Waals surface area contributed by atoms with E-state index in [1.54, 1.807) is 24.3 Å². The Labute approximate surface area is 147 Å². The van der Waals surface area contributed by atoms with Gasteiger partial charge in [0.15, 0.2) is 6.61 Å². The summed E-state index contributed by atoms with van der Waals surface area (Å²) in [4.78, 5) is 16.1. The molecule has 0 saturated heterocycles. The van der Waals surface area contributed by atoms with Gasteiger partial charge < -0.3 is 14.7 Å². The quantitative estimate of drug-likeness (QED) is 0.427. The largest absolute Gasteiger partial charge is 0.490 e. The van der Waals surface area contributed by atoms with Crippen LogP contribution in [-0.2, 0) is 16.1 Å². The third kappa shape index (κ3) is 6.30. The van der Waals surface area contributed by atoms with E-state index in [0.717, 1.165) is 17.7 Å². The van der Waals surface area contributed by atoms with Crippen molar-refractivity contribution < 1.29 is 19.5 Å². The Morgan fingerprint density at radius 2 is 1.88 bits per heavy atom. The van der Waals surface area contributed by atoms with E-state index >= 15 is 0 Å². The summed E-state index contributed by atoms with van der Waals surface area (Å²) < 4.78 is 5.58. The first-order chi connectivity index (χ1) is 12.1. The molecule has 0 unspecified atom stereocenters. The Hall–Kier alpha value is -2.82. The van der Waals surface area contributed by atoms with Crippen molar-refractivity contribution in [3.05, 3.63) is 65.2 Å². The molecule has 0 amide bonds. The zero-order valence-electron chi connectivity index (χ0n) is 14.6. The fourth-order valence-electron chi connectivity index (χ4n) is 2.31. The molecule has 0 fully saturated rings. The topological polar surface area (TPSA) is 68.1 Å².